The van der Waals surface area contributed by atoms with Gasteiger partial charge in [0.1, 0.15) is 17.2 Å². The standard InChI is InChI=1S/C64H57N3O2/c1-62(2,3)46-27-28-55(49(34-46)40-21-14-11-15-22-40)67-56-26-18-25-48(59(56)66-61(67)52-35-47(63(4,5)6)36-53(60(52)68)64(7,8)9)44-29-43(39-19-12-10-13-20-39)30-45(31-44)54-37-51-50-32-41-23-16-17-24-42(41)33-57(50)69-58(51)38-65-54/h10-38,68H,1-9H3. The molecule has 8 aromatic carbocycles. The van der Waals surface area contributed by atoms with Crippen molar-refractivity contribution in [1.29, 1.82) is 0 Å². The van der Waals surface area contributed by atoms with Gasteiger partial charge in [-0.2, -0.15) is 0 Å². The fourth-order valence-electron chi connectivity index (χ4n) is 9.87. The van der Waals surface area contributed by atoms with Gasteiger partial charge in [-0.25, -0.2) is 4.98 Å². The van der Waals surface area contributed by atoms with Gasteiger partial charge < -0.3 is 9.52 Å². The summed E-state index contributed by atoms with van der Waals surface area (Å²) in [5.41, 5.74) is 15.9. The van der Waals surface area contributed by atoms with E-state index in [2.05, 4.69) is 237 Å². The number of pyridine rings is 1. The SMILES string of the molecule is CC(C)(C)c1ccc(-n2c(-c3cc(C(C)(C)C)cc(C(C)(C)C)c3O)nc3c(-c4cc(-c5ccccc5)cc(-c5cc6c(cn5)oc5cc7ccccc7cc56)c4)cccc32)c(-c2ccccc2)c1. The van der Waals surface area contributed by atoms with E-state index in [1.165, 1.54) is 10.9 Å². The maximum atomic E-state index is 12.6. The summed E-state index contributed by atoms with van der Waals surface area (Å²) in [6.07, 6.45) is 1.86. The highest BCUT2D eigenvalue weighted by molar-refractivity contribution is 6.10. The van der Waals surface area contributed by atoms with Crippen LogP contribution in [0, 0.1) is 0 Å². The zero-order valence-corrected chi connectivity index (χ0v) is 40.9. The van der Waals surface area contributed by atoms with Crippen LogP contribution in [0.25, 0.3) is 105 Å². The smallest absolute Gasteiger partial charge is 0.153 e. The molecular formula is C64H57N3O2. The quantitative estimate of drug-likeness (QED) is 0.181. The van der Waals surface area contributed by atoms with Gasteiger partial charge in [-0.1, -0.05) is 172 Å². The number of aromatic hydroxyl groups is 1. The lowest BCUT2D eigenvalue weighted by Gasteiger charge is -2.28. The molecule has 11 aromatic rings. The molecule has 5 nitrogen and oxygen atoms in total. The fourth-order valence-corrected chi connectivity index (χ4v) is 9.87. The number of aromatic nitrogens is 3. The van der Waals surface area contributed by atoms with E-state index in [1.54, 1.807) is 0 Å². The van der Waals surface area contributed by atoms with Crippen LogP contribution in [-0.2, 0) is 16.2 Å². The van der Waals surface area contributed by atoms with Crippen LogP contribution in [0.2, 0.25) is 0 Å². The lowest BCUT2D eigenvalue weighted by atomic mass is 9.79. The number of hydrogen-bond acceptors (Lipinski definition) is 4. The molecule has 69 heavy (non-hydrogen) atoms. The van der Waals surface area contributed by atoms with Crippen LogP contribution in [0.15, 0.2) is 180 Å². The summed E-state index contributed by atoms with van der Waals surface area (Å²) in [6, 6.07) is 60.5. The number of furan rings is 1. The van der Waals surface area contributed by atoms with Gasteiger partial charge in [0.15, 0.2) is 5.58 Å². The molecule has 11 rings (SSSR count). The zero-order valence-electron chi connectivity index (χ0n) is 40.9. The van der Waals surface area contributed by atoms with Crippen LogP contribution in [0.3, 0.4) is 0 Å². The fraction of sp³-hybridized carbons (Fsp3) is 0.188. The number of fused-ring (bicyclic) bond motifs is 5. The van der Waals surface area contributed by atoms with Crippen LogP contribution < -0.4 is 0 Å². The summed E-state index contributed by atoms with van der Waals surface area (Å²) >= 11 is 0. The van der Waals surface area contributed by atoms with Crippen LogP contribution in [-0.4, -0.2) is 19.6 Å². The predicted molar refractivity (Wildman–Crippen MR) is 289 cm³/mol. The van der Waals surface area contributed by atoms with Gasteiger partial charge in [0.05, 0.1) is 34.2 Å². The predicted octanol–water partition coefficient (Wildman–Crippen LogP) is 17.4. The van der Waals surface area contributed by atoms with Gasteiger partial charge in [0.25, 0.3) is 0 Å². The summed E-state index contributed by atoms with van der Waals surface area (Å²) < 4.78 is 8.69. The van der Waals surface area contributed by atoms with Gasteiger partial charge >= 0.3 is 0 Å². The first kappa shape index (κ1) is 43.8. The van der Waals surface area contributed by atoms with E-state index >= 15 is 0 Å². The Morgan fingerprint density at radius 2 is 1.09 bits per heavy atom. The molecule has 0 aliphatic rings. The van der Waals surface area contributed by atoms with Crippen LogP contribution in [0.5, 0.6) is 5.75 Å². The molecule has 0 aliphatic heterocycles. The number of para-hydroxylation sites is 1. The molecule has 3 heterocycles. The number of phenols is 1. The van der Waals surface area contributed by atoms with Crippen molar-refractivity contribution >= 4 is 43.7 Å². The lowest BCUT2D eigenvalue weighted by molar-refractivity contribution is 0.446. The van der Waals surface area contributed by atoms with E-state index in [1.807, 2.05) is 6.20 Å². The third kappa shape index (κ3) is 7.86. The molecule has 0 spiro atoms. The molecule has 3 aromatic heterocycles. The van der Waals surface area contributed by atoms with Crippen LogP contribution >= 0.6 is 0 Å². The molecule has 0 bridgehead atoms. The van der Waals surface area contributed by atoms with Crippen molar-refractivity contribution in [3.8, 4) is 67.5 Å². The largest absolute Gasteiger partial charge is 0.507 e. The van der Waals surface area contributed by atoms with Crippen molar-refractivity contribution in [2.75, 3.05) is 0 Å². The zero-order chi connectivity index (χ0) is 48.0. The minimum absolute atomic E-state index is 0.0874. The molecule has 5 heteroatoms. The molecule has 0 amide bonds. The minimum atomic E-state index is -0.340. The molecule has 0 aliphatic carbocycles. The van der Waals surface area contributed by atoms with E-state index in [0.717, 1.165) is 99.8 Å². The first-order valence-corrected chi connectivity index (χ1v) is 24.0. The molecule has 1 N–H and O–H groups in total. The highest BCUT2D eigenvalue weighted by Crippen LogP contribution is 2.46. The third-order valence-electron chi connectivity index (χ3n) is 13.8. The minimum Gasteiger partial charge on any atom is -0.507 e. The average molecular weight is 900 g/mol. The first-order chi connectivity index (χ1) is 33.0. The van der Waals surface area contributed by atoms with Crippen LogP contribution in [0.1, 0.15) is 79.0 Å². The Labute approximate surface area is 404 Å². The topological polar surface area (TPSA) is 64.1 Å². The number of hydrogen-bond donors (Lipinski definition) is 1. The van der Waals surface area contributed by atoms with Gasteiger partial charge in [-0.05, 0) is 121 Å². The van der Waals surface area contributed by atoms with Crippen molar-refractivity contribution in [2.45, 2.75) is 78.6 Å². The molecule has 0 radical (unpaired) electrons. The lowest BCUT2D eigenvalue weighted by Crippen LogP contribution is -2.17. The Hall–Kier alpha value is -7.76. The van der Waals surface area contributed by atoms with E-state index < -0.39 is 0 Å². The molecular weight excluding hydrogens is 843 g/mol. The van der Waals surface area contributed by atoms with Crippen LogP contribution in [0.4, 0.5) is 0 Å². The monoisotopic (exact) mass is 899 g/mol. The van der Waals surface area contributed by atoms with Gasteiger partial charge in [0, 0.05) is 33.0 Å². The summed E-state index contributed by atoms with van der Waals surface area (Å²) in [6.45, 7) is 20.0. The van der Waals surface area contributed by atoms with Gasteiger partial charge in [0.2, 0.25) is 0 Å². The van der Waals surface area contributed by atoms with Gasteiger partial charge in [-0.15, -0.1) is 0 Å². The Balaban J connectivity index is 1.20. The molecule has 340 valence electrons. The van der Waals surface area contributed by atoms with E-state index in [4.69, 9.17) is 14.4 Å². The molecule has 0 fully saturated rings. The summed E-state index contributed by atoms with van der Waals surface area (Å²) in [7, 11) is 0. The van der Waals surface area contributed by atoms with Crippen molar-refractivity contribution in [1.82, 2.24) is 14.5 Å². The van der Waals surface area contributed by atoms with Crippen molar-refractivity contribution < 1.29 is 9.52 Å². The van der Waals surface area contributed by atoms with E-state index in [9.17, 15) is 5.11 Å². The number of phenolic OH excluding ortho intramolecular Hbond substituents is 1. The third-order valence-corrected chi connectivity index (χ3v) is 13.8. The highest BCUT2D eigenvalue weighted by atomic mass is 16.3. The Morgan fingerprint density at radius 1 is 0.464 bits per heavy atom. The summed E-state index contributed by atoms with van der Waals surface area (Å²) in [5.74, 6) is 0.925. The maximum Gasteiger partial charge on any atom is 0.153 e. The second kappa shape index (κ2) is 16.2. The number of benzene rings is 8. The van der Waals surface area contributed by atoms with Crippen molar-refractivity contribution in [2.24, 2.45) is 0 Å². The van der Waals surface area contributed by atoms with Crippen molar-refractivity contribution in [3.63, 3.8) is 0 Å². The normalized spacial score (nSPS) is 12.5. The highest BCUT2D eigenvalue weighted by Gasteiger charge is 2.30. The molecule has 0 saturated heterocycles. The number of nitrogens with zero attached hydrogens (tertiary/aromatic N) is 3. The second-order valence-corrected chi connectivity index (χ2v) is 21.7. The number of rotatable bonds is 6. The molecule has 0 saturated carbocycles. The van der Waals surface area contributed by atoms with Crippen molar-refractivity contribution in [3.05, 3.63) is 193 Å². The summed E-state index contributed by atoms with van der Waals surface area (Å²) in [5, 5.41) is 17.0. The first-order valence-electron chi connectivity index (χ1n) is 24.0. The number of imidazole rings is 1. The van der Waals surface area contributed by atoms with E-state index in [0.29, 0.717) is 11.4 Å². The molecule has 0 unspecified atom stereocenters. The summed E-state index contributed by atoms with van der Waals surface area (Å²) in [4.78, 5) is 10.8. The second-order valence-electron chi connectivity index (χ2n) is 21.7. The Bertz CT molecular complexity index is 3780. The maximum absolute atomic E-state index is 12.6. The Kier molecular flexibility index (Phi) is 10.3. The Morgan fingerprint density at radius 3 is 1.78 bits per heavy atom. The average Bonchev–Trinajstić information content (AvgIpc) is 3.90. The van der Waals surface area contributed by atoms with E-state index in [-0.39, 0.29) is 22.0 Å². The molecule has 0 atom stereocenters. The van der Waals surface area contributed by atoms with Gasteiger partial charge in [-0.3, -0.25) is 9.55 Å².